The fourth-order valence-corrected chi connectivity index (χ4v) is 2.34. The maximum absolute atomic E-state index is 11.5. The van der Waals surface area contributed by atoms with Gasteiger partial charge in [0.1, 0.15) is 0 Å². The van der Waals surface area contributed by atoms with Crippen LogP contribution < -0.4 is 5.56 Å². The van der Waals surface area contributed by atoms with E-state index in [1.54, 1.807) is 16.8 Å². The first-order valence-electron chi connectivity index (χ1n) is 3.91. The molecule has 1 heterocycles. The number of halogens is 3. The lowest BCUT2D eigenvalue weighted by Crippen LogP contribution is -2.19. The van der Waals surface area contributed by atoms with Crippen LogP contribution in [0.5, 0.6) is 0 Å². The number of nitrogens with zero attached hydrogens (tertiary/aromatic N) is 1. The highest BCUT2D eigenvalue weighted by Crippen LogP contribution is 2.12. The number of hydrogen-bond acceptors (Lipinski definition) is 1. The maximum atomic E-state index is 11.5. The molecule has 0 atom stereocenters. The number of hydrogen-bond donors (Lipinski definition) is 0. The van der Waals surface area contributed by atoms with Crippen molar-refractivity contribution in [2.45, 2.75) is 6.54 Å². The number of rotatable bonds is 3. The molecule has 0 radical (unpaired) electrons. The zero-order valence-corrected chi connectivity index (χ0v) is 11.1. The van der Waals surface area contributed by atoms with Crippen molar-refractivity contribution in [3.63, 3.8) is 0 Å². The third-order valence-corrected chi connectivity index (χ3v) is 2.75. The van der Waals surface area contributed by atoms with E-state index < -0.39 is 0 Å². The molecule has 0 aliphatic rings. The van der Waals surface area contributed by atoms with Crippen LogP contribution >= 0.6 is 43.5 Å². The molecule has 0 saturated heterocycles. The Morgan fingerprint density at radius 3 is 2.79 bits per heavy atom. The van der Waals surface area contributed by atoms with E-state index in [9.17, 15) is 4.79 Å². The fourth-order valence-electron chi connectivity index (χ4n) is 0.951. The fraction of sp³-hybridized carbons (Fsp3) is 0.222. The Kier molecular flexibility index (Phi) is 4.92. The molecular formula is C9H8Br2ClNO. The van der Waals surface area contributed by atoms with Gasteiger partial charge in [-0.15, -0.1) is 11.6 Å². The minimum Gasteiger partial charge on any atom is -0.310 e. The first-order chi connectivity index (χ1) is 6.65. The molecule has 5 heteroatoms. The van der Waals surface area contributed by atoms with E-state index in [4.69, 9.17) is 11.6 Å². The average Bonchev–Trinajstić information content (AvgIpc) is 2.13. The van der Waals surface area contributed by atoms with E-state index in [1.165, 1.54) is 0 Å². The second-order valence-corrected chi connectivity index (χ2v) is 4.67. The van der Waals surface area contributed by atoms with Crippen LogP contribution in [0.15, 0.2) is 38.2 Å². The molecule has 14 heavy (non-hydrogen) atoms. The summed E-state index contributed by atoms with van der Waals surface area (Å²) in [6.07, 6.45) is 5.40. The van der Waals surface area contributed by atoms with Gasteiger partial charge in [-0.3, -0.25) is 4.79 Å². The Morgan fingerprint density at radius 2 is 2.14 bits per heavy atom. The summed E-state index contributed by atoms with van der Waals surface area (Å²) in [5.74, 6) is 0.462. The molecule has 1 rings (SSSR count). The van der Waals surface area contributed by atoms with Crippen LogP contribution in [-0.4, -0.2) is 10.4 Å². The van der Waals surface area contributed by atoms with Gasteiger partial charge in [0.15, 0.2) is 0 Å². The van der Waals surface area contributed by atoms with Crippen molar-refractivity contribution >= 4 is 43.5 Å². The predicted molar refractivity (Wildman–Crippen MR) is 66.0 cm³/mol. The molecule has 0 aromatic carbocycles. The standard InChI is InChI=1S/C9H8Br2ClNO/c10-7-5-8(11)9(14)13(6-7)4-2-1-3-12/h1-2,5-6H,3-4H2/b2-1+. The quantitative estimate of drug-likeness (QED) is 0.611. The third-order valence-electron chi connectivity index (χ3n) is 1.57. The van der Waals surface area contributed by atoms with Gasteiger partial charge in [-0.1, -0.05) is 12.2 Å². The van der Waals surface area contributed by atoms with Crippen molar-refractivity contribution in [1.82, 2.24) is 4.57 Å². The molecule has 0 fully saturated rings. The average molecular weight is 341 g/mol. The van der Waals surface area contributed by atoms with Gasteiger partial charge < -0.3 is 4.57 Å². The maximum Gasteiger partial charge on any atom is 0.265 e. The Bertz CT molecular complexity index is 400. The van der Waals surface area contributed by atoms with Gasteiger partial charge in [-0.2, -0.15) is 0 Å². The lowest BCUT2D eigenvalue weighted by Gasteiger charge is -2.03. The smallest absolute Gasteiger partial charge is 0.265 e. The van der Waals surface area contributed by atoms with Crippen LogP contribution in [0.4, 0.5) is 0 Å². The lowest BCUT2D eigenvalue weighted by molar-refractivity contribution is 0.770. The zero-order valence-electron chi connectivity index (χ0n) is 7.21. The van der Waals surface area contributed by atoms with Crippen LogP contribution in [0.1, 0.15) is 0 Å². The van der Waals surface area contributed by atoms with E-state index in [0.29, 0.717) is 16.9 Å². The molecule has 0 spiro atoms. The van der Waals surface area contributed by atoms with Crippen LogP contribution in [0.25, 0.3) is 0 Å². The van der Waals surface area contributed by atoms with E-state index in [-0.39, 0.29) is 5.56 Å². The molecule has 76 valence electrons. The normalized spacial score (nSPS) is 11.1. The van der Waals surface area contributed by atoms with Crippen LogP contribution in [0.2, 0.25) is 0 Å². The van der Waals surface area contributed by atoms with Crippen LogP contribution in [0, 0.1) is 0 Å². The van der Waals surface area contributed by atoms with Gasteiger partial charge in [0.05, 0.1) is 4.47 Å². The number of alkyl halides is 1. The molecule has 0 aliphatic heterocycles. The first-order valence-corrected chi connectivity index (χ1v) is 6.03. The Labute approximate surface area is 104 Å². The van der Waals surface area contributed by atoms with Gasteiger partial charge in [-0.05, 0) is 37.9 Å². The van der Waals surface area contributed by atoms with Gasteiger partial charge in [0.2, 0.25) is 0 Å². The largest absolute Gasteiger partial charge is 0.310 e. The summed E-state index contributed by atoms with van der Waals surface area (Å²) in [6, 6.07) is 1.73. The van der Waals surface area contributed by atoms with Crippen LogP contribution in [-0.2, 0) is 6.54 Å². The molecule has 0 N–H and O–H groups in total. The molecule has 1 aromatic rings. The van der Waals surface area contributed by atoms with E-state index >= 15 is 0 Å². The topological polar surface area (TPSA) is 22.0 Å². The van der Waals surface area contributed by atoms with Gasteiger partial charge in [0.25, 0.3) is 5.56 Å². The Balaban J connectivity index is 2.97. The highest BCUT2D eigenvalue weighted by Gasteiger charge is 2.00. The molecule has 1 aromatic heterocycles. The minimum absolute atomic E-state index is 0.0487. The Hall–Kier alpha value is -0.0600. The third kappa shape index (κ3) is 3.26. The second-order valence-electron chi connectivity index (χ2n) is 2.59. The van der Waals surface area contributed by atoms with Crippen molar-refractivity contribution in [2.75, 3.05) is 5.88 Å². The summed E-state index contributed by atoms with van der Waals surface area (Å²) < 4.78 is 3.01. The van der Waals surface area contributed by atoms with Gasteiger partial charge in [0, 0.05) is 23.1 Å². The monoisotopic (exact) mass is 339 g/mol. The number of aromatic nitrogens is 1. The van der Waals surface area contributed by atoms with Crippen LogP contribution in [0.3, 0.4) is 0 Å². The van der Waals surface area contributed by atoms with E-state index in [1.807, 2.05) is 12.2 Å². The summed E-state index contributed by atoms with van der Waals surface area (Å²) >= 11 is 12.0. The zero-order chi connectivity index (χ0) is 10.6. The minimum atomic E-state index is -0.0487. The molecule has 0 unspecified atom stereocenters. The molecule has 0 aliphatic carbocycles. The summed E-state index contributed by atoms with van der Waals surface area (Å²) in [4.78, 5) is 11.5. The summed E-state index contributed by atoms with van der Waals surface area (Å²) in [6.45, 7) is 0.531. The van der Waals surface area contributed by atoms with Crippen molar-refractivity contribution in [1.29, 1.82) is 0 Å². The summed E-state index contributed by atoms with van der Waals surface area (Å²) in [7, 11) is 0. The molecule has 0 bridgehead atoms. The molecule has 0 saturated carbocycles. The van der Waals surface area contributed by atoms with E-state index in [2.05, 4.69) is 31.9 Å². The first kappa shape index (κ1) is 12.0. The molecule has 0 amide bonds. The number of allylic oxidation sites excluding steroid dienone is 2. The molecule has 2 nitrogen and oxygen atoms in total. The second kappa shape index (κ2) is 5.73. The number of pyridine rings is 1. The van der Waals surface area contributed by atoms with Crippen molar-refractivity contribution < 1.29 is 0 Å². The molecular weight excluding hydrogens is 333 g/mol. The Morgan fingerprint density at radius 1 is 1.43 bits per heavy atom. The van der Waals surface area contributed by atoms with Crippen molar-refractivity contribution in [3.8, 4) is 0 Å². The lowest BCUT2D eigenvalue weighted by atomic mass is 10.4. The van der Waals surface area contributed by atoms with E-state index in [0.717, 1.165) is 4.47 Å². The van der Waals surface area contributed by atoms with Gasteiger partial charge >= 0.3 is 0 Å². The van der Waals surface area contributed by atoms with Gasteiger partial charge in [-0.25, -0.2) is 0 Å². The SMILES string of the molecule is O=c1c(Br)cc(Br)cn1C/C=C/CCl. The van der Waals surface area contributed by atoms with Crippen molar-refractivity contribution in [2.24, 2.45) is 0 Å². The summed E-state index contributed by atoms with van der Waals surface area (Å²) in [5.41, 5.74) is -0.0487. The highest BCUT2D eigenvalue weighted by molar-refractivity contribution is 9.11. The summed E-state index contributed by atoms with van der Waals surface area (Å²) in [5, 5.41) is 0. The predicted octanol–water partition coefficient (Wildman–Crippen LogP) is 3.17. The van der Waals surface area contributed by atoms with Crippen molar-refractivity contribution in [3.05, 3.63) is 43.7 Å². The highest BCUT2D eigenvalue weighted by atomic mass is 79.9.